The lowest BCUT2D eigenvalue weighted by Crippen LogP contribution is -2.12. The van der Waals surface area contributed by atoms with E-state index in [1.807, 2.05) is 13.8 Å². The van der Waals surface area contributed by atoms with Crippen LogP contribution in [0.5, 0.6) is 0 Å². The van der Waals surface area contributed by atoms with Crippen LogP contribution < -0.4 is 5.32 Å². The minimum atomic E-state index is -0.875. The summed E-state index contributed by atoms with van der Waals surface area (Å²) in [6.07, 6.45) is 0.346. The second-order valence-corrected chi connectivity index (χ2v) is 3.99. The second kappa shape index (κ2) is 5.49. The van der Waals surface area contributed by atoms with Gasteiger partial charge >= 0.3 is 5.97 Å². The second-order valence-electron chi connectivity index (χ2n) is 3.99. The highest BCUT2D eigenvalue weighted by atomic mass is 19.1. The number of benzene rings is 1. The predicted molar refractivity (Wildman–Crippen MR) is 61.1 cm³/mol. The maximum absolute atomic E-state index is 13.0. The third-order valence-electron chi connectivity index (χ3n) is 2.12. The van der Waals surface area contributed by atoms with Gasteiger partial charge < -0.3 is 10.4 Å². The van der Waals surface area contributed by atoms with E-state index < -0.39 is 5.97 Å². The molecular weight excluding hydrogens is 209 g/mol. The molecule has 2 N–H and O–H groups in total. The molecule has 0 aromatic heterocycles. The molecule has 0 bridgehead atoms. The Morgan fingerprint density at radius 1 is 1.50 bits per heavy atom. The highest BCUT2D eigenvalue weighted by molar-refractivity contribution is 5.67. The van der Waals surface area contributed by atoms with Gasteiger partial charge in [0.15, 0.2) is 0 Å². The maximum Gasteiger partial charge on any atom is 0.303 e. The van der Waals surface area contributed by atoms with E-state index >= 15 is 0 Å². The topological polar surface area (TPSA) is 49.3 Å². The SMILES string of the molecule is CC(C)Nc1ccc(F)cc1CCC(=O)O. The number of carbonyl (C=O) groups is 1. The van der Waals surface area contributed by atoms with Crippen molar-refractivity contribution in [3.8, 4) is 0 Å². The van der Waals surface area contributed by atoms with Crippen LogP contribution in [0.3, 0.4) is 0 Å². The van der Waals surface area contributed by atoms with Crippen molar-refractivity contribution in [2.45, 2.75) is 32.7 Å². The van der Waals surface area contributed by atoms with Crippen LogP contribution in [0.25, 0.3) is 0 Å². The molecule has 0 aliphatic carbocycles. The van der Waals surface area contributed by atoms with Gasteiger partial charge in [0, 0.05) is 18.2 Å². The molecule has 3 nitrogen and oxygen atoms in total. The molecule has 1 rings (SSSR count). The number of halogens is 1. The van der Waals surface area contributed by atoms with E-state index in [2.05, 4.69) is 5.32 Å². The van der Waals surface area contributed by atoms with Crippen molar-refractivity contribution in [3.05, 3.63) is 29.6 Å². The lowest BCUT2D eigenvalue weighted by Gasteiger charge is -2.14. The highest BCUT2D eigenvalue weighted by Gasteiger charge is 2.07. The van der Waals surface area contributed by atoms with E-state index in [1.165, 1.54) is 12.1 Å². The van der Waals surface area contributed by atoms with Crippen molar-refractivity contribution in [3.63, 3.8) is 0 Å². The number of nitrogens with one attached hydrogen (secondary N) is 1. The summed E-state index contributed by atoms with van der Waals surface area (Å²) in [5.41, 5.74) is 1.51. The first-order valence-corrected chi connectivity index (χ1v) is 5.26. The van der Waals surface area contributed by atoms with Crippen LogP contribution in [0.1, 0.15) is 25.8 Å². The first-order chi connectivity index (χ1) is 7.49. The van der Waals surface area contributed by atoms with Crippen molar-refractivity contribution in [2.24, 2.45) is 0 Å². The number of rotatable bonds is 5. The van der Waals surface area contributed by atoms with Gasteiger partial charge in [-0.25, -0.2) is 4.39 Å². The van der Waals surface area contributed by atoms with Gasteiger partial charge in [0.25, 0.3) is 0 Å². The summed E-state index contributed by atoms with van der Waals surface area (Å²) in [6.45, 7) is 3.95. The van der Waals surface area contributed by atoms with Gasteiger partial charge in [0.2, 0.25) is 0 Å². The zero-order valence-electron chi connectivity index (χ0n) is 9.46. The maximum atomic E-state index is 13.0. The number of hydrogen-bond donors (Lipinski definition) is 2. The van der Waals surface area contributed by atoms with E-state index in [9.17, 15) is 9.18 Å². The Labute approximate surface area is 94.3 Å². The third-order valence-corrected chi connectivity index (χ3v) is 2.12. The van der Waals surface area contributed by atoms with Crippen LogP contribution in [-0.2, 0) is 11.2 Å². The zero-order valence-corrected chi connectivity index (χ0v) is 9.46. The molecule has 0 spiro atoms. The first kappa shape index (κ1) is 12.5. The van der Waals surface area contributed by atoms with Gasteiger partial charge in [-0.3, -0.25) is 4.79 Å². The van der Waals surface area contributed by atoms with Crippen molar-refractivity contribution >= 4 is 11.7 Å². The molecule has 88 valence electrons. The molecule has 0 amide bonds. The van der Waals surface area contributed by atoms with Crippen LogP contribution in [-0.4, -0.2) is 17.1 Å². The zero-order chi connectivity index (χ0) is 12.1. The molecule has 0 unspecified atom stereocenters. The quantitative estimate of drug-likeness (QED) is 0.810. The lowest BCUT2D eigenvalue weighted by atomic mass is 10.1. The first-order valence-electron chi connectivity index (χ1n) is 5.26. The molecule has 0 radical (unpaired) electrons. The molecule has 0 atom stereocenters. The van der Waals surface area contributed by atoms with E-state index in [0.717, 1.165) is 5.69 Å². The number of carboxylic acids is 1. The average Bonchev–Trinajstić information content (AvgIpc) is 2.17. The Morgan fingerprint density at radius 3 is 2.75 bits per heavy atom. The minimum absolute atomic E-state index is 0.0101. The summed E-state index contributed by atoms with van der Waals surface area (Å²) >= 11 is 0. The van der Waals surface area contributed by atoms with Crippen LogP contribution in [0.2, 0.25) is 0 Å². The smallest absolute Gasteiger partial charge is 0.303 e. The summed E-state index contributed by atoms with van der Waals surface area (Å²) in [5.74, 6) is -1.21. The normalized spacial score (nSPS) is 10.5. The summed E-state index contributed by atoms with van der Waals surface area (Å²) in [7, 11) is 0. The van der Waals surface area contributed by atoms with Crippen molar-refractivity contribution in [1.29, 1.82) is 0 Å². The van der Waals surface area contributed by atoms with Gasteiger partial charge in [0.05, 0.1) is 0 Å². The molecule has 0 aliphatic heterocycles. The van der Waals surface area contributed by atoms with Crippen molar-refractivity contribution in [1.82, 2.24) is 0 Å². The van der Waals surface area contributed by atoms with Crippen molar-refractivity contribution in [2.75, 3.05) is 5.32 Å². The van der Waals surface area contributed by atoms with Gasteiger partial charge in [-0.2, -0.15) is 0 Å². The van der Waals surface area contributed by atoms with Gasteiger partial charge in [-0.05, 0) is 44.0 Å². The molecule has 16 heavy (non-hydrogen) atoms. The van der Waals surface area contributed by atoms with E-state index in [-0.39, 0.29) is 18.3 Å². The number of aryl methyl sites for hydroxylation is 1. The molecule has 0 heterocycles. The number of hydrogen-bond acceptors (Lipinski definition) is 2. The Balaban J connectivity index is 2.84. The molecule has 4 heteroatoms. The summed E-state index contributed by atoms with van der Waals surface area (Å²) in [4.78, 5) is 10.5. The largest absolute Gasteiger partial charge is 0.481 e. The molecule has 1 aromatic carbocycles. The highest BCUT2D eigenvalue weighted by Crippen LogP contribution is 2.19. The van der Waals surface area contributed by atoms with Gasteiger partial charge in [0.1, 0.15) is 5.82 Å². The van der Waals surface area contributed by atoms with Crippen LogP contribution in [0.15, 0.2) is 18.2 Å². The average molecular weight is 225 g/mol. The summed E-state index contributed by atoms with van der Waals surface area (Å²) < 4.78 is 13.0. The number of carboxylic acid groups (broad SMARTS) is 1. The Morgan fingerprint density at radius 2 is 2.19 bits per heavy atom. The van der Waals surface area contributed by atoms with Gasteiger partial charge in [-0.1, -0.05) is 0 Å². The summed E-state index contributed by atoms with van der Waals surface area (Å²) in [6, 6.07) is 4.63. The fourth-order valence-corrected chi connectivity index (χ4v) is 1.46. The Bertz CT molecular complexity index is 377. The lowest BCUT2D eigenvalue weighted by molar-refractivity contribution is -0.136. The minimum Gasteiger partial charge on any atom is -0.481 e. The van der Waals surface area contributed by atoms with E-state index in [0.29, 0.717) is 12.0 Å². The number of aliphatic carboxylic acids is 1. The Kier molecular flexibility index (Phi) is 4.28. The van der Waals surface area contributed by atoms with E-state index in [4.69, 9.17) is 5.11 Å². The molecule has 0 saturated carbocycles. The predicted octanol–water partition coefficient (Wildman–Crippen LogP) is 2.66. The van der Waals surface area contributed by atoms with Crippen LogP contribution >= 0.6 is 0 Å². The molecular formula is C12H16FNO2. The van der Waals surface area contributed by atoms with Crippen LogP contribution in [0, 0.1) is 5.82 Å². The summed E-state index contributed by atoms with van der Waals surface area (Å²) in [5, 5.41) is 11.8. The Hall–Kier alpha value is -1.58. The fraction of sp³-hybridized carbons (Fsp3) is 0.417. The van der Waals surface area contributed by atoms with E-state index in [1.54, 1.807) is 6.07 Å². The molecule has 0 saturated heterocycles. The monoisotopic (exact) mass is 225 g/mol. The van der Waals surface area contributed by atoms with Crippen LogP contribution in [0.4, 0.5) is 10.1 Å². The molecule has 0 fully saturated rings. The molecule has 0 aliphatic rings. The number of anilines is 1. The fourth-order valence-electron chi connectivity index (χ4n) is 1.46. The third kappa shape index (κ3) is 3.88. The van der Waals surface area contributed by atoms with Crippen molar-refractivity contribution < 1.29 is 14.3 Å². The standard InChI is InChI=1S/C12H16FNO2/c1-8(2)14-11-5-4-10(13)7-9(11)3-6-12(15)16/h4-5,7-8,14H,3,6H2,1-2H3,(H,15,16). The molecule has 1 aromatic rings. The van der Waals surface area contributed by atoms with Gasteiger partial charge in [-0.15, -0.1) is 0 Å².